The first-order valence-corrected chi connectivity index (χ1v) is 5.75. The van der Waals surface area contributed by atoms with E-state index in [1.807, 2.05) is 30.3 Å². The zero-order valence-corrected chi connectivity index (χ0v) is 9.70. The van der Waals surface area contributed by atoms with E-state index in [0.717, 1.165) is 16.6 Å². The summed E-state index contributed by atoms with van der Waals surface area (Å²) in [7, 11) is 0. The Morgan fingerprint density at radius 2 is 1.83 bits per heavy atom. The van der Waals surface area contributed by atoms with E-state index in [2.05, 4.69) is 35.0 Å². The molecule has 1 N–H and O–H groups in total. The number of benzene rings is 2. The molecule has 0 bridgehead atoms. The molecule has 0 spiro atoms. The lowest BCUT2D eigenvalue weighted by Gasteiger charge is -1.92. The fraction of sp³-hybridized carbons (Fsp3) is 0.0625. The molecule has 0 aliphatic carbocycles. The number of rotatable bonds is 0. The largest absolute Gasteiger partial charge is 0.355 e. The van der Waals surface area contributed by atoms with Crippen LogP contribution in [0.1, 0.15) is 12.0 Å². The van der Waals surface area contributed by atoms with Crippen molar-refractivity contribution in [1.29, 1.82) is 5.26 Å². The summed E-state index contributed by atoms with van der Waals surface area (Å²) in [6.45, 7) is 0. The Labute approximate surface area is 105 Å². The van der Waals surface area contributed by atoms with E-state index in [0.29, 0.717) is 0 Å². The lowest BCUT2D eigenvalue weighted by molar-refractivity contribution is 1.40. The second-order valence-electron chi connectivity index (χ2n) is 4.07. The van der Waals surface area contributed by atoms with E-state index in [-0.39, 0.29) is 6.42 Å². The Hall–Kier alpha value is -2.71. The van der Waals surface area contributed by atoms with Crippen LogP contribution in [0.4, 0.5) is 0 Å². The maximum absolute atomic E-state index is 8.47. The van der Waals surface area contributed by atoms with Crippen LogP contribution in [-0.4, -0.2) is 4.98 Å². The lowest BCUT2D eigenvalue weighted by atomic mass is 10.1. The van der Waals surface area contributed by atoms with Crippen LogP contribution in [0.3, 0.4) is 0 Å². The third-order valence-electron chi connectivity index (χ3n) is 2.91. The van der Waals surface area contributed by atoms with Gasteiger partial charge in [-0.2, -0.15) is 5.26 Å². The average Bonchev–Trinajstić information content (AvgIpc) is 2.77. The molecule has 2 aromatic carbocycles. The molecule has 2 nitrogen and oxygen atoms in total. The number of para-hydroxylation sites is 1. The van der Waals surface area contributed by atoms with Gasteiger partial charge in [-0.3, -0.25) is 0 Å². The third-order valence-corrected chi connectivity index (χ3v) is 2.91. The quantitative estimate of drug-likeness (QED) is 0.589. The van der Waals surface area contributed by atoms with Crippen molar-refractivity contribution in [3.05, 3.63) is 48.0 Å². The van der Waals surface area contributed by atoms with Gasteiger partial charge in [0.2, 0.25) is 0 Å². The fourth-order valence-electron chi connectivity index (χ4n) is 2.11. The summed E-state index contributed by atoms with van der Waals surface area (Å²) >= 11 is 0. The first-order valence-electron chi connectivity index (χ1n) is 5.75. The topological polar surface area (TPSA) is 39.6 Å². The number of nitrogens with one attached hydrogen (secondary N) is 1. The molecule has 1 heterocycles. The minimum atomic E-state index is 0.270. The molecule has 0 aliphatic heterocycles. The summed E-state index contributed by atoms with van der Waals surface area (Å²) in [5, 5.41) is 10.8. The van der Waals surface area contributed by atoms with Crippen LogP contribution in [0.5, 0.6) is 0 Å². The van der Waals surface area contributed by atoms with Crippen LogP contribution < -0.4 is 0 Å². The molecule has 1 aromatic heterocycles. The predicted molar refractivity (Wildman–Crippen MR) is 72.9 cm³/mol. The zero-order valence-electron chi connectivity index (χ0n) is 9.70. The van der Waals surface area contributed by atoms with Gasteiger partial charge in [0.05, 0.1) is 12.5 Å². The highest BCUT2D eigenvalue weighted by molar-refractivity contribution is 6.07. The van der Waals surface area contributed by atoms with Gasteiger partial charge in [0.1, 0.15) is 0 Å². The number of hydrogen-bond donors (Lipinski definition) is 1. The second kappa shape index (κ2) is 4.28. The molecule has 0 radical (unpaired) electrons. The van der Waals surface area contributed by atoms with Gasteiger partial charge in [0.15, 0.2) is 0 Å². The van der Waals surface area contributed by atoms with E-state index in [9.17, 15) is 0 Å². The minimum absolute atomic E-state index is 0.270. The van der Waals surface area contributed by atoms with Gasteiger partial charge in [-0.1, -0.05) is 30.0 Å². The summed E-state index contributed by atoms with van der Waals surface area (Å²) in [6, 6.07) is 16.3. The summed E-state index contributed by atoms with van der Waals surface area (Å²) in [6.07, 6.45) is 0.270. The van der Waals surface area contributed by atoms with E-state index in [1.165, 1.54) is 10.8 Å². The molecule has 0 aliphatic rings. The Morgan fingerprint density at radius 3 is 2.72 bits per heavy atom. The van der Waals surface area contributed by atoms with Gasteiger partial charge in [0, 0.05) is 27.4 Å². The Morgan fingerprint density at radius 1 is 1.00 bits per heavy atom. The number of nitriles is 1. The highest BCUT2D eigenvalue weighted by atomic mass is 14.7. The molecule has 2 heteroatoms. The molecule has 0 saturated carbocycles. The summed E-state index contributed by atoms with van der Waals surface area (Å²) in [5.41, 5.74) is 3.19. The van der Waals surface area contributed by atoms with Crippen molar-refractivity contribution in [2.45, 2.75) is 6.42 Å². The van der Waals surface area contributed by atoms with Gasteiger partial charge >= 0.3 is 0 Å². The Bertz CT molecular complexity index is 823. The minimum Gasteiger partial charge on any atom is -0.355 e. The fourth-order valence-corrected chi connectivity index (χ4v) is 2.11. The summed E-state index contributed by atoms with van der Waals surface area (Å²) in [4.78, 5) is 3.37. The van der Waals surface area contributed by atoms with Crippen molar-refractivity contribution in [2.24, 2.45) is 0 Å². The number of H-pyrrole nitrogens is 1. The lowest BCUT2D eigenvalue weighted by Crippen LogP contribution is -1.74. The van der Waals surface area contributed by atoms with Crippen molar-refractivity contribution in [1.82, 2.24) is 4.98 Å². The summed E-state index contributed by atoms with van der Waals surface area (Å²) in [5.74, 6) is 5.84. The number of hydrogen-bond acceptors (Lipinski definition) is 1. The smallest absolute Gasteiger partial charge is 0.0966 e. The van der Waals surface area contributed by atoms with E-state index >= 15 is 0 Å². The average molecular weight is 230 g/mol. The van der Waals surface area contributed by atoms with E-state index in [1.54, 1.807) is 0 Å². The van der Waals surface area contributed by atoms with E-state index < -0.39 is 0 Å². The molecular weight excluding hydrogens is 220 g/mol. The molecule has 0 atom stereocenters. The Kier molecular flexibility index (Phi) is 2.48. The van der Waals surface area contributed by atoms with Crippen LogP contribution in [0, 0.1) is 23.2 Å². The van der Waals surface area contributed by atoms with Crippen LogP contribution >= 0.6 is 0 Å². The van der Waals surface area contributed by atoms with Crippen molar-refractivity contribution >= 4 is 21.8 Å². The van der Waals surface area contributed by atoms with Crippen molar-refractivity contribution < 1.29 is 0 Å². The van der Waals surface area contributed by atoms with Crippen LogP contribution in [-0.2, 0) is 0 Å². The van der Waals surface area contributed by atoms with Gasteiger partial charge in [-0.15, -0.1) is 0 Å². The molecular formula is C16H10N2. The molecule has 18 heavy (non-hydrogen) atoms. The standard InChI is InChI=1S/C16H10N2/c17-10-4-3-5-12-8-9-16-14(11-12)13-6-1-2-7-15(13)18-16/h1-2,6-9,11,18H,4H2. The SMILES string of the molecule is N#CCC#Cc1ccc2[nH]c3ccccc3c2c1. The molecule has 84 valence electrons. The second-order valence-corrected chi connectivity index (χ2v) is 4.07. The molecule has 0 fully saturated rings. The molecule has 0 amide bonds. The van der Waals surface area contributed by atoms with E-state index in [4.69, 9.17) is 5.26 Å². The van der Waals surface area contributed by atoms with Crippen LogP contribution in [0.25, 0.3) is 21.8 Å². The molecule has 0 unspecified atom stereocenters. The molecule has 3 rings (SSSR count). The maximum atomic E-state index is 8.47. The van der Waals surface area contributed by atoms with Gasteiger partial charge in [-0.25, -0.2) is 0 Å². The number of aromatic nitrogens is 1. The normalized spacial score (nSPS) is 9.94. The number of aromatic amines is 1. The molecule has 0 saturated heterocycles. The van der Waals surface area contributed by atoms with Gasteiger partial charge in [0.25, 0.3) is 0 Å². The van der Waals surface area contributed by atoms with Gasteiger partial charge < -0.3 is 4.98 Å². The third kappa shape index (κ3) is 1.71. The number of fused-ring (bicyclic) bond motifs is 3. The highest BCUT2D eigenvalue weighted by Gasteiger charge is 2.03. The first-order chi connectivity index (χ1) is 8.88. The highest BCUT2D eigenvalue weighted by Crippen LogP contribution is 2.25. The maximum Gasteiger partial charge on any atom is 0.0966 e. The monoisotopic (exact) mass is 230 g/mol. The first kappa shape index (κ1) is 10.4. The van der Waals surface area contributed by atoms with Crippen LogP contribution in [0.15, 0.2) is 42.5 Å². The summed E-state index contributed by atoms with van der Waals surface area (Å²) < 4.78 is 0. The van der Waals surface area contributed by atoms with Crippen molar-refractivity contribution in [3.63, 3.8) is 0 Å². The van der Waals surface area contributed by atoms with Crippen molar-refractivity contribution in [3.8, 4) is 17.9 Å². The predicted octanol–water partition coefficient (Wildman–Crippen LogP) is 3.59. The Balaban J connectivity index is 2.20. The van der Waals surface area contributed by atoms with Crippen molar-refractivity contribution in [2.75, 3.05) is 0 Å². The van der Waals surface area contributed by atoms with Crippen LogP contribution in [0.2, 0.25) is 0 Å². The number of nitrogens with zero attached hydrogens (tertiary/aromatic N) is 1. The van der Waals surface area contributed by atoms with Gasteiger partial charge in [-0.05, 0) is 24.3 Å². The zero-order chi connectivity index (χ0) is 12.4. The molecule has 3 aromatic rings.